The Bertz CT molecular complexity index is 621. The molecule has 1 fully saturated rings. The molecule has 0 radical (unpaired) electrons. The van der Waals surface area contributed by atoms with Gasteiger partial charge in [-0.2, -0.15) is 4.98 Å². The molecule has 0 unspecified atom stereocenters. The molecule has 1 aliphatic rings. The van der Waals surface area contributed by atoms with Gasteiger partial charge in [-0.05, 0) is 19.3 Å². The third kappa shape index (κ3) is 4.63. The molecule has 1 saturated heterocycles. The molecule has 0 aliphatic carbocycles. The average molecular weight is 315 g/mol. The predicted molar refractivity (Wildman–Crippen MR) is 84.7 cm³/mol. The second kappa shape index (κ2) is 7.87. The van der Waals surface area contributed by atoms with E-state index in [1.807, 2.05) is 30.3 Å². The van der Waals surface area contributed by atoms with Gasteiger partial charge in [0.2, 0.25) is 17.6 Å². The summed E-state index contributed by atoms with van der Waals surface area (Å²) >= 11 is 0. The highest BCUT2D eigenvalue weighted by molar-refractivity contribution is 5.76. The summed E-state index contributed by atoms with van der Waals surface area (Å²) in [5, 5.41) is 6.98. The van der Waals surface area contributed by atoms with Crippen molar-refractivity contribution in [1.29, 1.82) is 0 Å². The Morgan fingerprint density at radius 2 is 2.17 bits per heavy atom. The normalized spacial score (nSPS) is 17.8. The van der Waals surface area contributed by atoms with Gasteiger partial charge < -0.3 is 14.6 Å². The van der Waals surface area contributed by atoms with Crippen molar-refractivity contribution in [1.82, 2.24) is 15.5 Å². The lowest BCUT2D eigenvalue weighted by Gasteiger charge is -2.23. The van der Waals surface area contributed by atoms with Gasteiger partial charge in [-0.15, -0.1) is 0 Å². The fourth-order valence-electron chi connectivity index (χ4n) is 2.62. The first-order valence-corrected chi connectivity index (χ1v) is 8.06. The molecule has 6 nitrogen and oxygen atoms in total. The largest absolute Gasteiger partial charge is 0.379 e. The summed E-state index contributed by atoms with van der Waals surface area (Å²) in [6, 6.07) is 9.85. The molecule has 0 bridgehead atoms. The smallest absolute Gasteiger partial charge is 0.226 e. The van der Waals surface area contributed by atoms with Gasteiger partial charge in [0, 0.05) is 25.0 Å². The number of amides is 1. The van der Waals surface area contributed by atoms with E-state index in [1.165, 1.54) is 0 Å². The Balaban J connectivity index is 1.42. The Hall–Kier alpha value is -2.21. The van der Waals surface area contributed by atoms with Crippen molar-refractivity contribution in [3.05, 3.63) is 36.2 Å². The SMILES string of the molecule is O=C(CCCc1nc(-c2ccccc2)no1)N[C@@H]1CCCOC1. The lowest BCUT2D eigenvalue weighted by atomic mass is 10.1. The second-order valence-corrected chi connectivity index (χ2v) is 5.71. The van der Waals surface area contributed by atoms with Crippen LogP contribution in [-0.2, 0) is 16.0 Å². The lowest BCUT2D eigenvalue weighted by Crippen LogP contribution is -2.40. The van der Waals surface area contributed by atoms with Crippen LogP contribution in [0, 0.1) is 0 Å². The van der Waals surface area contributed by atoms with Crippen molar-refractivity contribution in [2.24, 2.45) is 0 Å². The molecule has 0 saturated carbocycles. The third-order valence-corrected chi connectivity index (χ3v) is 3.82. The van der Waals surface area contributed by atoms with E-state index in [2.05, 4.69) is 15.5 Å². The number of aryl methyl sites for hydroxylation is 1. The molecule has 2 aromatic rings. The number of hydrogen-bond donors (Lipinski definition) is 1. The quantitative estimate of drug-likeness (QED) is 0.885. The van der Waals surface area contributed by atoms with E-state index < -0.39 is 0 Å². The van der Waals surface area contributed by atoms with E-state index in [0.29, 0.717) is 37.6 Å². The van der Waals surface area contributed by atoms with Crippen LogP contribution < -0.4 is 5.32 Å². The van der Waals surface area contributed by atoms with Gasteiger partial charge in [0.05, 0.1) is 12.6 Å². The summed E-state index contributed by atoms with van der Waals surface area (Å²) in [5.41, 5.74) is 0.928. The van der Waals surface area contributed by atoms with E-state index in [9.17, 15) is 4.79 Å². The maximum absolute atomic E-state index is 11.9. The summed E-state index contributed by atoms with van der Waals surface area (Å²) in [7, 11) is 0. The van der Waals surface area contributed by atoms with E-state index in [4.69, 9.17) is 9.26 Å². The number of carbonyl (C=O) groups excluding carboxylic acids is 1. The topological polar surface area (TPSA) is 77.2 Å². The molecular formula is C17H21N3O3. The van der Waals surface area contributed by atoms with Crippen molar-refractivity contribution in [2.75, 3.05) is 13.2 Å². The van der Waals surface area contributed by atoms with Crippen LogP contribution in [0.1, 0.15) is 31.6 Å². The van der Waals surface area contributed by atoms with Crippen LogP contribution in [0.2, 0.25) is 0 Å². The summed E-state index contributed by atoms with van der Waals surface area (Å²) in [6.07, 6.45) is 3.76. The van der Waals surface area contributed by atoms with Crippen LogP contribution in [0.4, 0.5) is 0 Å². The summed E-state index contributed by atoms with van der Waals surface area (Å²) in [4.78, 5) is 16.3. The van der Waals surface area contributed by atoms with Gasteiger partial charge in [-0.25, -0.2) is 0 Å². The van der Waals surface area contributed by atoms with Gasteiger partial charge in [0.15, 0.2) is 0 Å². The zero-order valence-electron chi connectivity index (χ0n) is 13.0. The van der Waals surface area contributed by atoms with Crippen molar-refractivity contribution < 1.29 is 14.1 Å². The predicted octanol–water partition coefficient (Wildman–Crippen LogP) is 2.35. The zero-order chi connectivity index (χ0) is 15.9. The van der Waals surface area contributed by atoms with Crippen LogP contribution in [0.15, 0.2) is 34.9 Å². The van der Waals surface area contributed by atoms with Crippen LogP contribution in [0.3, 0.4) is 0 Å². The molecule has 122 valence electrons. The molecule has 0 spiro atoms. The van der Waals surface area contributed by atoms with Crippen LogP contribution in [0.5, 0.6) is 0 Å². The van der Waals surface area contributed by atoms with E-state index in [1.54, 1.807) is 0 Å². The molecule has 2 heterocycles. The fraction of sp³-hybridized carbons (Fsp3) is 0.471. The summed E-state index contributed by atoms with van der Waals surface area (Å²) < 4.78 is 10.6. The number of hydrogen-bond acceptors (Lipinski definition) is 5. The third-order valence-electron chi connectivity index (χ3n) is 3.82. The highest BCUT2D eigenvalue weighted by Gasteiger charge is 2.16. The number of benzene rings is 1. The molecule has 1 atom stereocenters. The summed E-state index contributed by atoms with van der Waals surface area (Å²) in [5.74, 6) is 1.21. The molecule has 6 heteroatoms. The standard InChI is InChI=1S/C17H21N3O3/c21-15(18-14-8-5-11-22-12-14)9-4-10-16-19-17(20-23-16)13-6-2-1-3-7-13/h1-3,6-7,14H,4-5,8-12H2,(H,18,21)/t14-/m1/s1. The van der Waals surface area contributed by atoms with E-state index in [-0.39, 0.29) is 11.9 Å². The first-order valence-electron chi connectivity index (χ1n) is 8.06. The number of ether oxygens (including phenoxy) is 1. The number of rotatable bonds is 6. The second-order valence-electron chi connectivity index (χ2n) is 5.71. The van der Waals surface area contributed by atoms with Gasteiger partial charge >= 0.3 is 0 Å². The highest BCUT2D eigenvalue weighted by atomic mass is 16.5. The van der Waals surface area contributed by atoms with Crippen molar-refractivity contribution >= 4 is 5.91 Å². The number of aromatic nitrogens is 2. The van der Waals surface area contributed by atoms with Crippen LogP contribution in [-0.4, -0.2) is 35.3 Å². The van der Waals surface area contributed by atoms with Crippen LogP contribution in [0.25, 0.3) is 11.4 Å². The molecule has 1 aromatic heterocycles. The zero-order valence-corrected chi connectivity index (χ0v) is 13.0. The molecule has 1 aliphatic heterocycles. The van der Waals surface area contributed by atoms with E-state index in [0.717, 1.165) is 25.0 Å². The number of nitrogens with zero attached hydrogens (tertiary/aromatic N) is 2. The molecule has 3 rings (SSSR count). The summed E-state index contributed by atoms with van der Waals surface area (Å²) in [6.45, 7) is 1.42. The molecule has 1 N–H and O–H groups in total. The Labute approximate surface area is 135 Å². The van der Waals surface area contributed by atoms with E-state index >= 15 is 0 Å². The number of nitrogens with one attached hydrogen (secondary N) is 1. The molecule has 1 aromatic carbocycles. The Morgan fingerprint density at radius 1 is 1.30 bits per heavy atom. The highest BCUT2D eigenvalue weighted by Crippen LogP contribution is 2.15. The molecular weight excluding hydrogens is 294 g/mol. The minimum Gasteiger partial charge on any atom is -0.379 e. The van der Waals surface area contributed by atoms with Crippen molar-refractivity contribution in [3.63, 3.8) is 0 Å². The maximum atomic E-state index is 11.9. The first-order chi connectivity index (χ1) is 11.3. The monoisotopic (exact) mass is 315 g/mol. The Morgan fingerprint density at radius 3 is 2.96 bits per heavy atom. The van der Waals surface area contributed by atoms with Gasteiger partial charge in [0.25, 0.3) is 0 Å². The van der Waals surface area contributed by atoms with Gasteiger partial charge in [-0.1, -0.05) is 35.5 Å². The molecule has 1 amide bonds. The minimum atomic E-state index is 0.0586. The van der Waals surface area contributed by atoms with Gasteiger partial charge in [-0.3, -0.25) is 4.79 Å². The van der Waals surface area contributed by atoms with Crippen LogP contribution >= 0.6 is 0 Å². The van der Waals surface area contributed by atoms with Crippen molar-refractivity contribution in [2.45, 2.75) is 38.1 Å². The van der Waals surface area contributed by atoms with Gasteiger partial charge in [0.1, 0.15) is 0 Å². The molecule has 23 heavy (non-hydrogen) atoms. The Kier molecular flexibility index (Phi) is 5.37. The maximum Gasteiger partial charge on any atom is 0.226 e. The fourth-order valence-corrected chi connectivity index (χ4v) is 2.62. The number of carbonyl (C=O) groups is 1. The lowest BCUT2D eigenvalue weighted by molar-refractivity contribution is -0.122. The van der Waals surface area contributed by atoms with Crippen molar-refractivity contribution in [3.8, 4) is 11.4 Å². The first kappa shape index (κ1) is 15.7. The minimum absolute atomic E-state index is 0.0586. The average Bonchev–Trinajstić information content (AvgIpc) is 3.05.